The van der Waals surface area contributed by atoms with E-state index in [1.54, 1.807) is 6.92 Å². The van der Waals surface area contributed by atoms with Gasteiger partial charge in [0.1, 0.15) is 5.78 Å². The van der Waals surface area contributed by atoms with Crippen LogP contribution in [0.3, 0.4) is 0 Å². The van der Waals surface area contributed by atoms with Gasteiger partial charge in [0.25, 0.3) is 0 Å². The lowest BCUT2D eigenvalue weighted by Crippen LogP contribution is -2.09. The quantitative estimate of drug-likeness (QED) is 0.617. The third-order valence-corrected chi connectivity index (χ3v) is 3.10. The summed E-state index contributed by atoms with van der Waals surface area (Å²) >= 11 is 0. The van der Waals surface area contributed by atoms with E-state index in [4.69, 9.17) is 0 Å². The fraction of sp³-hybridized carbons (Fsp3) is 0.632. The molecule has 0 spiro atoms. The summed E-state index contributed by atoms with van der Waals surface area (Å²) in [5, 5.41) is 0. The van der Waals surface area contributed by atoms with Crippen LogP contribution in [-0.2, 0) is 11.2 Å². The van der Waals surface area contributed by atoms with Crippen molar-refractivity contribution >= 4 is 5.78 Å². The number of Topliss-reactive ketones (excluding diaryl/α,β-unsaturated/α-hetero) is 1. The lowest BCUT2D eigenvalue weighted by molar-refractivity contribution is -0.121. The summed E-state index contributed by atoms with van der Waals surface area (Å²) in [5.41, 5.74) is 1.41. The second-order valence-corrected chi connectivity index (χ2v) is 4.72. The van der Waals surface area contributed by atoms with Crippen LogP contribution in [-0.4, -0.2) is 5.78 Å². The van der Waals surface area contributed by atoms with Crippen molar-refractivity contribution in [1.29, 1.82) is 0 Å². The Morgan fingerprint density at radius 1 is 0.950 bits per heavy atom. The highest BCUT2D eigenvalue weighted by molar-refractivity contribution is 5.78. The average molecular weight is 278 g/mol. The van der Waals surface area contributed by atoms with Crippen LogP contribution in [0.1, 0.15) is 72.8 Å². The summed E-state index contributed by atoms with van der Waals surface area (Å²) in [6.45, 7) is 12.1. The minimum atomic E-state index is 0.343. The fourth-order valence-electron chi connectivity index (χ4n) is 1.96. The molecule has 0 unspecified atom stereocenters. The molecule has 0 aliphatic carbocycles. The van der Waals surface area contributed by atoms with Gasteiger partial charge >= 0.3 is 0 Å². The van der Waals surface area contributed by atoms with Crippen LogP contribution in [0.4, 0.5) is 0 Å². The Morgan fingerprint density at radius 3 is 1.65 bits per heavy atom. The number of carbonyl (C=O) groups is 1. The summed E-state index contributed by atoms with van der Waals surface area (Å²) in [7, 11) is 0. The molecule has 1 aromatic carbocycles. The molecule has 0 heterocycles. The predicted octanol–water partition coefficient (Wildman–Crippen LogP) is 6.07. The van der Waals surface area contributed by atoms with Crippen LogP contribution in [0.5, 0.6) is 0 Å². The van der Waals surface area contributed by atoms with Gasteiger partial charge in [0.2, 0.25) is 0 Å². The maximum atomic E-state index is 10.9. The Labute approximate surface area is 126 Å². The molecule has 0 atom stereocenters. The van der Waals surface area contributed by atoms with Gasteiger partial charge in [0.15, 0.2) is 0 Å². The Kier molecular flexibility index (Phi) is 16.9. The van der Waals surface area contributed by atoms with Gasteiger partial charge in [-0.2, -0.15) is 0 Å². The van der Waals surface area contributed by atoms with Gasteiger partial charge < -0.3 is 0 Å². The van der Waals surface area contributed by atoms with E-state index in [-0.39, 0.29) is 0 Å². The zero-order chi connectivity index (χ0) is 15.8. The minimum Gasteiger partial charge on any atom is -0.300 e. The maximum Gasteiger partial charge on any atom is 0.132 e. The van der Waals surface area contributed by atoms with Gasteiger partial charge in [-0.25, -0.2) is 0 Å². The summed E-state index contributed by atoms with van der Waals surface area (Å²) in [5.74, 6) is 0.707. The summed E-state index contributed by atoms with van der Waals surface area (Å²) < 4.78 is 0. The first-order valence-corrected chi connectivity index (χ1v) is 8.19. The van der Waals surface area contributed by atoms with Crippen molar-refractivity contribution in [3.63, 3.8) is 0 Å². The monoisotopic (exact) mass is 278 g/mol. The van der Waals surface area contributed by atoms with E-state index in [9.17, 15) is 4.79 Å². The standard InChI is InChI=1S/C9H18O.C8H10.C2H6/c1-4-6-9(7-5-2)8(3)10;1-2-8-6-4-3-5-7-8;1-2/h9H,4-7H2,1-3H3;3-7H,2H2,1H3;1-2H3. The molecule has 0 aromatic heterocycles. The Hall–Kier alpha value is -1.11. The molecule has 20 heavy (non-hydrogen) atoms. The van der Waals surface area contributed by atoms with E-state index >= 15 is 0 Å². The molecular weight excluding hydrogens is 244 g/mol. The highest BCUT2D eigenvalue weighted by Gasteiger charge is 2.10. The van der Waals surface area contributed by atoms with Crippen LogP contribution in [0.2, 0.25) is 0 Å². The molecule has 0 saturated carbocycles. The summed E-state index contributed by atoms with van der Waals surface area (Å²) in [6, 6.07) is 10.5. The summed E-state index contributed by atoms with van der Waals surface area (Å²) in [6.07, 6.45) is 5.54. The molecule has 0 amide bonds. The van der Waals surface area contributed by atoms with Gasteiger partial charge in [0, 0.05) is 5.92 Å². The molecule has 0 aliphatic heterocycles. The van der Waals surface area contributed by atoms with Crippen LogP contribution < -0.4 is 0 Å². The number of ketones is 1. The lowest BCUT2D eigenvalue weighted by Gasteiger charge is -2.09. The van der Waals surface area contributed by atoms with Crippen molar-refractivity contribution in [2.75, 3.05) is 0 Å². The molecule has 1 aromatic rings. The Balaban J connectivity index is 0. The fourth-order valence-corrected chi connectivity index (χ4v) is 1.96. The maximum absolute atomic E-state index is 10.9. The normalized spacial score (nSPS) is 9.15. The molecule has 1 nitrogen and oxygen atoms in total. The molecule has 0 N–H and O–H groups in total. The second-order valence-electron chi connectivity index (χ2n) is 4.72. The van der Waals surface area contributed by atoms with Gasteiger partial charge in [-0.1, -0.05) is 77.8 Å². The SMILES string of the molecule is CC.CCCC(CCC)C(C)=O.CCc1ccccc1. The van der Waals surface area contributed by atoms with Gasteiger partial charge in [-0.05, 0) is 31.7 Å². The van der Waals surface area contributed by atoms with E-state index in [0.717, 1.165) is 32.1 Å². The first kappa shape index (κ1) is 21.2. The van der Waals surface area contributed by atoms with E-state index < -0.39 is 0 Å². The summed E-state index contributed by atoms with van der Waals surface area (Å²) in [4.78, 5) is 10.9. The first-order chi connectivity index (χ1) is 9.65. The number of aryl methyl sites for hydroxylation is 1. The molecule has 0 radical (unpaired) electrons. The third-order valence-electron chi connectivity index (χ3n) is 3.10. The van der Waals surface area contributed by atoms with Crippen molar-refractivity contribution in [1.82, 2.24) is 0 Å². The minimum absolute atomic E-state index is 0.343. The molecule has 0 fully saturated rings. The zero-order valence-corrected chi connectivity index (χ0v) is 14.4. The van der Waals surface area contributed by atoms with E-state index in [1.165, 1.54) is 5.56 Å². The Morgan fingerprint density at radius 2 is 1.40 bits per heavy atom. The number of benzene rings is 1. The third kappa shape index (κ3) is 12.0. The van der Waals surface area contributed by atoms with Crippen LogP contribution in [0.25, 0.3) is 0 Å². The average Bonchev–Trinajstić information content (AvgIpc) is 2.50. The predicted molar refractivity (Wildman–Crippen MR) is 91.2 cm³/mol. The molecule has 0 bridgehead atoms. The lowest BCUT2D eigenvalue weighted by atomic mass is 9.95. The largest absolute Gasteiger partial charge is 0.300 e. The number of carbonyl (C=O) groups excluding carboxylic acids is 1. The second kappa shape index (κ2) is 15.9. The topological polar surface area (TPSA) is 17.1 Å². The smallest absolute Gasteiger partial charge is 0.132 e. The van der Waals surface area contributed by atoms with Crippen LogP contribution >= 0.6 is 0 Å². The Bertz CT molecular complexity index is 297. The van der Waals surface area contributed by atoms with Gasteiger partial charge in [-0.3, -0.25) is 4.79 Å². The van der Waals surface area contributed by atoms with Crippen molar-refractivity contribution in [3.8, 4) is 0 Å². The van der Waals surface area contributed by atoms with Gasteiger partial charge in [-0.15, -0.1) is 0 Å². The molecule has 116 valence electrons. The molecular formula is C19H34O. The number of hydrogen-bond donors (Lipinski definition) is 0. The molecule has 0 saturated heterocycles. The van der Waals surface area contributed by atoms with Gasteiger partial charge in [0.05, 0.1) is 0 Å². The van der Waals surface area contributed by atoms with E-state index in [0.29, 0.717) is 11.7 Å². The van der Waals surface area contributed by atoms with E-state index in [1.807, 2.05) is 19.9 Å². The highest BCUT2D eigenvalue weighted by atomic mass is 16.1. The van der Waals surface area contributed by atoms with Crippen LogP contribution in [0.15, 0.2) is 30.3 Å². The molecule has 0 aliphatic rings. The first-order valence-electron chi connectivity index (χ1n) is 8.19. The van der Waals surface area contributed by atoms with Crippen molar-refractivity contribution in [3.05, 3.63) is 35.9 Å². The zero-order valence-electron chi connectivity index (χ0n) is 14.4. The van der Waals surface area contributed by atoms with Crippen molar-refractivity contribution < 1.29 is 4.79 Å². The van der Waals surface area contributed by atoms with Crippen molar-refractivity contribution in [2.24, 2.45) is 5.92 Å². The molecule has 1 rings (SSSR count). The highest BCUT2D eigenvalue weighted by Crippen LogP contribution is 2.13. The van der Waals surface area contributed by atoms with Crippen LogP contribution in [0, 0.1) is 5.92 Å². The molecule has 1 heteroatoms. The van der Waals surface area contributed by atoms with Crippen molar-refractivity contribution in [2.45, 2.75) is 73.6 Å². The number of hydrogen-bond acceptors (Lipinski definition) is 1. The van der Waals surface area contributed by atoms with E-state index in [2.05, 4.69) is 45.0 Å². The number of rotatable bonds is 6.